The topological polar surface area (TPSA) is 23.1 Å². The largest absolute Gasteiger partial charge is 0.611 e. The number of benzene rings is 1. The third-order valence-corrected chi connectivity index (χ3v) is 5.79. The fraction of sp³-hybridized carbons (Fsp3) is 0.636. The summed E-state index contributed by atoms with van der Waals surface area (Å²) >= 11 is -0.946. The highest BCUT2D eigenvalue weighted by Crippen LogP contribution is 2.23. The van der Waals surface area contributed by atoms with Crippen molar-refractivity contribution >= 4 is 11.2 Å². The Bertz CT molecular complexity index is 488. The summed E-state index contributed by atoms with van der Waals surface area (Å²) < 4.78 is 48.0. The molecule has 0 saturated heterocycles. The van der Waals surface area contributed by atoms with Crippen LogP contribution in [0, 0.1) is 0 Å². The van der Waals surface area contributed by atoms with Crippen LogP contribution in [-0.4, -0.2) is 16.5 Å². The van der Waals surface area contributed by atoms with Crippen LogP contribution in [0.25, 0.3) is 0 Å². The first-order valence-electron chi connectivity index (χ1n) is 10.1. The first-order valence-corrected chi connectivity index (χ1v) is 11.5. The highest BCUT2D eigenvalue weighted by atomic mass is 32.2. The second kappa shape index (κ2) is 15.0. The highest BCUT2D eigenvalue weighted by molar-refractivity contribution is 7.91. The molecule has 0 N–H and O–H groups in total. The van der Waals surface area contributed by atoms with E-state index < -0.39 is 23.8 Å². The molecule has 0 amide bonds. The van der Waals surface area contributed by atoms with Crippen LogP contribution in [-0.2, 0) is 11.2 Å². The van der Waals surface area contributed by atoms with Crippen LogP contribution in [0.1, 0.15) is 77.0 Å². The lowest BCUT2D eigenvalue weighted by atomic mass is 10.1. The molecule has 0 aliphatic rings. The molecule has 0 heterocycles. The van der Waals surface area contributed by atoms with Crippen molar-refractivity contribution in [1.29, 1.82) is 0 Å². The van der Waals surface area contributed by atoms with Gasteiger partial charge in [-0.15, -0.1) is 0 Å². The number of unbranched alkanes of at least 4 members (excludes halogenated alkanes) is 10. The van der Waals surface area contributed by atoms with Crippen molar-refractivity contribution in [2.24, 2.45) is 0 Å². The molecule has 0 spiro atoms. The predicted octanol–water partition coefficient (Wildman–Crippen LogP) is 7.59. The molecule has 1 unspecified atom stereocenters. The van der Waals surface area contributed by atoms with Gasteiger partial charge in [0.25, 0.3) is 0 Å². The molecule has 27 heavy (non-hydrogen) atoms. The molecule has 1 rings (SSSR count). The van der Waals surface area contributed by atoms with Crippen LogP contribution in [0.2, 0.25) is 0 Å². The molecule has 0 aliphatic heterocycles. The fourth-order valence-electron chi connectivity index (χ4n) is 2.94. The lowest BCUT2D eigenvalue weighted by Crippen LogP contribution is -2.06. The molecule has 1 aromatic rings. The first-order chi connectivity index (χ1) is 13.0. The minimum Gasteiger partial charge on any atom is -0.611 e. The van der Waals surface area contributed by atoms with Crippen LogP contribution >= 0.6 is 0 Å². The van der Waals surface area contributed by atoms with Gasteiger partial charge in [0.15, 0.2) is 4.90 Å². The molecule has 5 heteroatoms. The van der Waals surface area contributed by atoms with E-state index in [4.69, 9.17) is 0 Å². The van der Waals surface area contributed by atoms with E-state index in [0.717, 1.165) is 37.0 Å². The van der Waals surface area contributed by atoms with E-state index in [2.05, 4.69) is 6.08 Å². The molecule has 0 fully saturated rings. The molecule has 0 aliphatic carbocycles. The number of rotatable bonds is 15. The van der Waals surface area contributed by atoms with Crippen molar-refractivity contribution in [1.82, 2.24) is 0 Å². The van der Waals surface area contributed by atoms with Crippen molar-refractivity contribution in [3.8, 4) is 0 Å². The number of halogens is 3. The van der Waals surface area contributed by atoms with Crippen molar-refractivity contribution < 1.29 is 17.7 Å². The van der Waals surface area contributed by atoms with Gasteiger partial charge in [-0.25, -0.2) is 0 Å². The van der Waals surface area contributed by atoms with Gasteiger partial charge in [0.05, 0.1) is 0 Å². The van der Waals surface area contributed by atoms with Gasteiger partial charge in [0.1, 0.15) is 5.75 Å². The minimum absolute atomic E-state index is 0.274. The van der Waals surface area contributed by atoms with Crippen LogP contribution in [0.15, 0.2) is 47.4 Å². The lowest BCUT2D eigenvalue weighted by Gasteiger charge is -2.07. The third-order valence-electron chi connectivity index (χ3n) is 4.50. The van der Waals surface area contributed by atoms with Crippen LogP contribution < -0.4 is 0 Å². The quantitative estimate of drug-likeness (QED) is 0.168. The van der Waals surface area contributed by atoms with Crippen LogP contribution in [0.3, 0.4) is 0 Å². The van der Waals surface area contributed by atoms with Crippen molar-refractivity contribution in [2.45, 2.75) is 88.1 Å². The molecular weight excluding hydrogens is 369 g/mol. The van der Waals surface area contributed by atoms with Gasteiger partial charge >= 0.3 is 6.18 Å². The smallest absolute Gasteiger partial charge is 0.389 e. The Labute approximate surface area is 165 Å². The summed E-state index contributed by atoms with van der Waals surface area (Å²) in [4.78, 5) is 0.877. The Morgan fingerprint density at radius 3 is 1.81 bits per heavy atom. The molecule has 0 radical (unpaired) electrons. The second-order valence-corrected chi connectivity index (χ2v) is 8.48. The molecule has 0 saturated carbocycles. The molecule has 1 aromatic carbocycles. The first kappa shape index (κ1) is 24.1. The summed E-state index contributed by atoms with van der Waals surface area (Å²) in [7, 11) is 0. The van der Waals surface area contributed by atoms with Gasteiger partial charge in [-0.05, 0) is 48.6 Å². The Morgan fingerprint density at radius 2 is 1.26 bits per heavy atom. The summed E-state index contributed by atoms with van der Waals surface area (Å²) in [6.45, 7) is 0. The van der Waals surface area contributed by atoms with E-state index in [9.17, 15) is 17.7 Å². The number of allylic oxidation sites excluding steroid dienone is 1. The minimum atomic E-state index is -3.99. The maximum absolute atomic E-state index is 12.0. The van der Waals surface area contributed by atoms with Crippen LogP contribution in [0.4, 0.5) is 13.2 Å². The summed E-state index contributed by atoms with van der Waals surface area (Å²) in [5.41, 5.74) is 0. The number of hydrogen-bond donors (Lipinski definition) is 0. The third kappa shape index (κ3) is 14.7. The lowest BCUT2D eigenvalue weighted by molar-refractivity contribution is -0.135. The molecule has 1 nitrogen and oxygen atoms in total. The Kier molecular flexibility index (Phi) is 13.4. The van der Waals surface area contributed by atoms with Crippen molar-refractivity contribution in [3.63, 3.8) is 0 Å². The Morgan fingerprint density at radius 1 is 0.741 bits per heavy atom. The molecule has 1 atom stereocenters. The SMILES string of the molecule is [O-][S+](C/C=C/CCCCCCCCCCCCC(F)(F)F)c1ccccc1. The van der Waals surface area contributed by atoms with Gasteiger partial charge in [-0.2, -0.15) is 13.2 Å². The predicted molar refractivity (Wildman–Crippen MR) is 108 cm³/mol. The normalized spacial score (nSPS) is 13.3. The van der Waals surface area contributed by atoms with E-state index in [1.54, 1.807) is 0 Å². The average Bonchev–Trinajstić information content (AvgIpc) is 2.64. The van der Waals surface area contributed by atoms with E-state index in [1.807, 2.05) is 36.4 Å². The zero-order valence-electron chi connectivity index (χ0n) is 16.2. The number of alkyl halides is 3. The van der Waals surface area contributed by atoms with E-state index in [0.29, 0.717) is 12.2 Å². The highest BCUT2D eigenvalue weighted by Gasteiger charge is 2.25. The zero-order chi connectivity index (χ0) is 19.8. The average molecular weight is 403 g/mol. The number of hydrogen-bond acceptors (Lipinski definition) is 1. The van der Waals surface area contributed by atoms with Gasteiger partial charge < -0.3 is 4.55 Å². The maximum Gasteiger partial charge on any atom is 0.389 e. The van der Waals surface area contributed by atoms with Crippen molar-refractivity contribution in [3.05, 3.63) is 42.5 Å². The summed E-state index contributed by atoms with van der Waals surface area (Å²) in [5.74, 6) is 0.576. The van der Waals surface area contributed by atoms with Gasteiger partial charge in [0.2, 0.25) is 0 Å². The zero-order valence-corrected chi connectivity index (χ0v) is 17.0. The Hall–Kier alpha value is -0.940. The molecule has 0 bridgehead atoms. The van der Waals surface area contributed by atoms with Gasteiger partial charge in [-0.3, -0.25) is 0 Å². The summed E-state index contributed by atoms with van der Waals surface area (Å²) in [5, 5.41) is 0. The standard InChI is InChI=1S/C22H33F3OS/c23-22(24,25)19-15-10-8-6-4-2-1-3-5-7-9-11-16-20-27(26)21-17-13-12-14-18-21/h11-14,16-18H,1-10,15,19-20H2/b16-11+. The second-order valence-electron chi connectivity index (χ2n) is 6.99. The van der Waals surface area contributed by atoms with E-state index in [-0.39, 0.29) is 6.42 Å². The van der Waals surface area contributed by atoms with Crippen LogP contribution in [0.5, 0.6) is 0 Å². The van der Waals surface area contributed by atoms with Crippen molar-refractivity contribution in [2.75, 3.05) is 5.75 Å². The van der Waals surface area contributed by atoms with Gasteiger partial charge in [0, 0.05) is 6.42 Å². The maximum atomic E-state index is 12.0. The fourth-order valence-corrected chi connectivity index (χ4v) is 3.91. The summed E-state index contributed by atoms with van der Waals surface area (Å²) in [6.07, 6.45) is 10.6. The summed E-state index contributed by atoms with van der Waals surface area (Å²) in [6, 6.07) is 9.53. The van der Waals surface area contributed by atoms with E-state index in [1.165, 1.54) is 25.7 Å². The molecule has 154 valence electrons. The molecular formula is C22H33F3OS. The van der Waals surface area contributed by atoms with E-state index >= 15 is 0 Å². The Balaban J connectivity index is 1.84. The molecule has 0 aromatic heterocycles. The van der Waals surface area contributed by atoms with Gasteiger partial charge in [-0.1, -0.05) is 75.6 Å². The monoisotopic (exact) mass is 402 g/mol.